The van der Waals surface area contributed by atoms with E-state index in [1.807, 2.05) is 91.0 Å². The molecule has 0 aromatic heterocycles. The fraction of sp³-hybridized carbons (Fsp3) is 0.308. The van der Waals surface area contributed by atoms with E-state index in [2.05, 4.69) is 28.9 Å². The Morgan fingerprint density at radius 3 is 2.26 bits per heavy atom. The minimum atomic E-state index is -0.630. The summed E-state index contributed by atoms with van der Waals surface area (Å²) in [6.07, 6.45) is -1.03. The Kier molecular flexibility index (Phi) is 13.0. The Labute approximate surface area is 296 Å². The predicted octanol–water partition coefficient (Wildman–Crippen LogP) is 6.75. The van der Waals surface area contributed by atoms with E-state index in [1.54, 1.807) is 18.7 Å². The van der Waals surface area contributed by atoms with Gasteiger partial charge in [0.1, 0.15) is 6.54 Å². The number of benzene rings is 4. The maximum Gasteiger partial charge on any atom is 0.325 e. The molecule has 4 aromatic carbocycles. The number of nitrogens with one attached hydrogen (secondary N) is 3. The summed E-state index contributed by atoms with van der Waals surface area (Å²) in [6.45, 7) is 5.65. The van der Waals surface area contributed by atoms with Crippen molar-refractivity contribution in [3.8, 4) is 11.1 Å². The molecule has 1 aliphatic heterocycles. The van der Waals surface area contributed by atoms with Crippen LogP contribution in [-0.2, 0) is 37.0 Å². The minimum absolute atomic E-state index is 0.0271. The van der Waals surface area contributed by atoms with E-state index in [9.17, 15) is 19.5 Å². The molecular formula is C39H43N3O7S. The lowest BCUT2D eigenvalue weighted by molar-refractivity contribution is -0.268. The largest absolute Gasteiger partial charge is 0.465 e. The number of esters is 1. The number of ether oxygens (including phenoxy) is 3. The van der Waals surface area contributed by atoms with Crippen LogP contribution in [0.4, 0.5) is 10.5 Å². The van der Waals surface area contributed by atoms with Crippen LogP contribution in [0.25, 0.3) is 11.1 Å². The highest BCUT2D eigenvalue weighted by Gasteiger charge is 2.38. The molecule has 4 aromatic rings. The molecule has 1 heterocycles. The standard InChI is InChI=1S/C39H43N3O7S/c1-4-47-36(45)22-41-39(46)40-21-28-7-5-8-30(19-28)31-9-6-10-32(20-31)38-48-35(24-50-34-17-15-33(16-18-34)42-26(3)44)25(2)37(49-38)29-13-11-27(23-43)12-14-29/h5-20,25,35,37-38,43H,4,21-24H2,1-3H3,(H,42,44)(H2,40,41,46). The summed E-state index contributed by atoms with van der Waals surface area (Å²) >= 11 is 1.69. The van der Waals surface area contributed by atoms with Crippen LogP contribution in [0.2, 0.25) is 0 Å². The van der Waals surface area contributed by atoms with Crippen molar-refractivity contribution in [1.29, 1.82) is 0 Å². The third-order valence-electron chi connectivity index (χ3n) is 8.28. The van der Waals surface area contributed by atoms with Gasteiger partial charge in [0.2, 0.25) is 5.91 Å². The zero-order chi connectivity index (χ0) is 35.5. The van der Waals surface area contributed by atoms with Gasteiger partial charge >= 0.3 is 12.0 Å². The number of urea groups is 1. The van der Waals surface area contributed by atoms with E-state index in [-0.39, 0.29) is 50.3 Å². The Bertz CT molecular complexity index is 1750. The van der Waals surface area contributed by atoms with Gasteiger partial charge in [-0.25, -0.2) is 4.79 Å². The highest BCUT2D eigenvalue weighted by molar-refractivity contribution is 7.99. The number of aliphatic hydroxyl groups excluding tert-OH is 1. The molecule has 0 aliphatic carbocycles. The van der Waals surface area contributed by atoms with Gasteiger partial charge in [0.05, 0.1) is 25.4 Å². The smallest absolute Gasteiger partial charge is 0.325 e. The number of hydrogen-bond acceptors (Lipinski definition) is 8. The van der Waals surface area contributed by atoms with Gasteiger partial charge in [-0.15, -0.1) is 11.8 Å². The SMILES string of the molecule is CCOC(=O)CNC(=O)NCc1cccc(-c2cccc(C3OC(CSc4ccc(NC(C)=O)cc4)C(C)C(c4ccc(CO)cc4)O3)c2)c1. The minimum Gasteiger partial charge on any atom is -0.465 e. The lowest BCUT2D eigenvalue weighted by atomic mass is 9.91. The molecule has 4 atom stereocenters. The summed E-state index contributed by atoms with van der Waals surface area (Å²) in [7, 11) is 0. The molecule has 4 N–H and O–H groups in total. The number of aliphatic hydroxyl groups is 1. The number of rotatable bonds is 13. The van der Waals surface area contributed by atoms with E-state index >= 15 is 0 Å². The van der Waals surface area contributed by atoms with Crippen molar-refractivity contribution in [2.24, 2.45) is 5.92 Å². The lowest BCUT2D eigenvalue weighted by Gasteiger charge is -2.41. The molecule has 5 rings (SSSR count). The van der Waals surface area contributed by atoms with Gasteiger partial charge in [-0.2, -0.15) is 0 Å². The lowest BCUT2D eigenvalue weighted by Crippen LogP contribution is -2.38. The number of carbonyl (C=O) groups excluding carboxylic acids is 3. The zero-order valence-corrected chi connectivity index (χ0v) is 29.2. The summed E-state index contributed by atoms with van der Waals surface area (Å²) in [5, 5.41) is 17.7. The molecular weight excluding hydrogens is 655 g/mol. The van der Waals surface area contributed by atoms with Crippen molar-refractivity contribution in [2.45, 2.75) is 57.3 Å². The van der Waals surface area contributed by atoms with Crippen molar-refractivity contribution < 1.29 is 33.7 Å². The van der Waals surface area contributed by atoms with Crippen LogP contribution in [-0.4, -0.2) is 48.0 Å². The Balaban J connectivity index is 1.31. The van der Waals surface area contributed by atoms with Gasteiger partial charge in [0.25, 0.3) is 0 Å². The summed E-state index contributed by atoms with van der Waals surface area (Å²) in [5.74, 6) is 0.115. The normalized spacial score (nSPS) is 18.6. The second-order valence-electron chi connectivity index (χ2n) is 12.0. The number of hydrogen-bond donors (Lipinski definition) is 4. The van der Waals surface area contributed by atoms with E-state index in [0.717, 1.165) is 44.0 Å². The molecule has 0 spiro atoms. The summed E-state index contributed by atoms with van der Waals surface area (Å²) < 4.78 is 18.2. The van der Waals surface area contributed by atoms with Crippen LogP contribution in [0, 0.1) is 5.92 Å². The van der Waals surface area contributed by atoms with Crippen molar-refractivity contribution in [3.63, 3.8) is 0 Å². The fourth-order valence-electron chi connectivity index (χ4n) is 5.66. The van der Waals surface area contributed by atoms with Gasteiger partial charge in [0.15, 0.2) is 6.29 Å². The van der Waals surface area contributed by atoms with Gasteiger partial charge in [-0.05, 0) is 71.1 Å². The molecule has 3 amide bonds. The summed E-state index contributed by atoms with van der Waals surface area (Å²) in [6, 6.07) is 31.1. The van der Waals surface area contributed by atoms with Crippen LogP contribution < -0.4 is 16.0 Å². The molecule has 0 bridgehead atoms. The highest BCUT2D eigenvalue weighted by atomic mass is 32.2. The molecule has 1 saturated heterocycles. The van der Waals surface area contributed by atoms with Crippen LogP contribution in [0.5, 0.6) is 0 Å². The quantitative estimate of drug-likeness (QED) is 0.0891. The van der Waals surface area contributed by atoms with Crippen molar-refractivity contribution in [2.75, 3.05) is 24.2 Å². The van der Waals surface area contributed by atoms with Gasteiger partial charge < -0.3 is 35.3 Å². The van der Waals surface area contributed by atoms with Gasteiger partial charge in [-0.3, -0.25) is 9.59 Å². The van der Waals surface area contributed by atoms with Crippen LogP contribution in [0.1, 0.15) is 55.4 Å². The molecule has 11 heteroatoms. The van der Waals surface area contributed by atoms with Gasteiger partial charge in [0, 0.05) is 41.3 Å². The van der Waals surface area contributed by atoms with E-state index in [1.165, 1.54) is 6.92 Å². The number of carbonyl (C=O) groups is 3. The first kappa shape index (κ1) is 36.6. The molecule has 50 heavy (non-hydrogen) atoms. The number of amides is 3. The first-order valence-electron chi connectivity index (χ1n) is 16.6. The van der Waals surface area contributed by atoms with E-state index in [0.29, 0.717) is 5.75 Å². The van der Waals surface area contributed by atoms with Crippen molar-refractivity contribution in [1.82, 2.24) is 10.6 Å². The average Bonchev–Trinajstić information content (AvgIpc) is 3.13. The van der Waals surface area contributed by atoms with Crippen LogP contribution >= 0.6 is 11.8 Å². The van der Waals surface area contributed by atoms with E-state index < -0.39 is 18.3 Å². The second-order valence-corrected chi connectivity index (χ2v) is 13.1. The molecule has 10 nitrogen and oxygen atoms in total. The Morgan fingerprint density at radius 2 is 1.56 bits per heavy atom. The third-order valence-corrected chi connectivity index (χ3v) is 9.38. The molecule has 0 radical (unpaired) electrons. The summed E-state index contributed by atoms with van der Waals surface area (Å²) in [4.78, 5) is 36.2. The van der Waals surface area contributed by atoms with Crippen molar-refractivity contribution in [3.05, 3.63) is 119 Å². The summed E-state index contributed by atoms with van der Waals surface area (Å²) in [5.41, 5.74) is 6.31. The Morgan fingerprint density at radius 1 is 0.840 bits per heavy atom. The molecule has 1 fully saturated rings. The molecule has 1 aliphatic rings. The zero-order valence-electron chi connectivity index (χ0n) is 28.4. The number of anilines is 1. The third kappa shape index (κ3) is 10.2. The Hall–Kier alpha value is -4.68. The second kappa shape index (κ2) is 17.8. The first-order chi connectivity index (χ1) is 24.2. The topological polar surface area (TPSA) is 135 Å². The first-order valence-corrected chi connectivity index (χ1v) is 17.6. The van der Waals surface area contributed by atoms with Gasteiger partial charge in [-0.1, -0.05) is 67.6 Å². The molecule has 4 unspecified atom stereocenters. The fourth-order valence-corrected chi connectivity index (χ4v) is 6.73. The number of thioether (sulfide) groups is 1. The monoisotopic (exact) mass is 697 g/mol. The van der Waals surface area contributed by atoms with E-state index in [4.69, 9.17) is 14.2 Å². The maximum absolute atomic E-state index is 12.2. The van der Waals surface area contributed by atoms with Crippen LogP contribution in [0.3, 0.4) is 0 Å². The average molecular weight is 698 g/mol. The molecule has 262 valence electrons. The highest BCUT2D eigenvalue weighted by Crippen LogP contribution is 2.43. The molecule has 0 saturated carbocycles. The van der Waals surface area contributed by atoms with Crippen LogP contribution in [0.15, 0.2) is 102 Å². The predicted molar refractivity (Wildman–Crippen MR) is 193 cm³/mol. The van der Waals surface area contributed by atoms with Crippen molar-refractivity contribution >= 4 is 35.4 Å². The maximum atomic E-state index is 12.2.